The zero-order valence-corrected chi connectivity index (χ0v) is 9.96. The van der Waals surface area contributed by atoms with Gasteiger partial charge in [-0.05, 0) is 18.2 Å². The molecule has 0 fully saturated rings. The molecule has 0 aliphatic carbocycles. The number of benzene rings is 1. The van der Waals surface area contributed by atoms with Gasteiger partial charge >= 0.3 is 0 Å². The van der Waals surface area contributed by atoms with Crippen molar-refractivity contribution in [3.8, 4) is 5.75 Å². The number of rotatable bonds is 5. The minimum absolute atomic E-state index is 0.270. The molecule has 4 heteroatoms. The maximum absolute atomic E-state index is 13.1. The third kappa shape index (κ3) is 3.47. The van der Waals surface area contributed by atoms with Crippen LogP contribution in [0.15, 0.2) is 18.2 Å². The highest BCUT2D eigenvalue weighted by Gasteiger charge is 2.13. The zero-order chi connectivity index (χ0) is 12.1. The summed E-state index contributed by atoms with van der Waals surface area (Å²) in [5.74, 6) is 0.329. The number of hydrogen-bond donors (Lipinski definition) is 2. The van der Waals surface area contributed by atoms with E-state index in [0.29, 0.717) is 23.9 Å². The van der Waals surface area contributed by atoms with E-state index in [1.165, 1.54) is 12.1 Å². The van der Waals surface area contributed by atoms with Crippen LogP contribution in [0.1, 0.15) is 25.5 Å². The molecule has 0 saturated carbocycles. The van der Waals surface area contributed by atoms with Crippen LogP contribution in [0.4, 0.5) is 4.39 Å². The fourth-order valence-electron chi connectivity index (χ4n) is 1.47. The zero-order valence-electron chi connectivity index (χ0n) is 9.96. The Morgan fingerprint density at radius 2 is 2.12 bits per heavy atom. The van der Waals surface area contributed by atoms with Gasteiger partial charge in [0.1, 0.15) is 11.6 Å². The molecule has 0 spiro atoms. The van der Waals surface area contributed by atoms with Crippen molar-refractivity contribution >= 4 is 0 Å². The molecule has 0 aliphatic rings. The van der Waals surface area contributed by atoms with Crippen LogP contribution in [0.3, 0.4) is 0 Å². The highest BCUT2D eigenvalue weighted by Crippen LogP contribution is 2.24. The third-order valence-corrected chi connectivity index (χ3v) is 2.34. The fourth-order valence-corrected chi connectivity index (χ4v) is 1.47. The minimum atomic E-state index is -0.296. The highest BCUT2D eigenvalue weighted by atomic mass is 19.1. The summed E-state index contributed by atoms with van der Waals surface area (Å²) in [6, 6.07) is 4.47. The first kappa shape index (κ1) is 12.9. The second kappa shape index (κ2) is 5.82. The van der Waals surface area contributed by atoms with Crippen LogP contribution in [0.5, 0.6) is 5.75 Å². The van der Waals surface area contributed by atoms with Crippen LogP contribution in [0.25, 0.3) is 0 Å². The maximum atomic E-state index is 13.1. The summed E-state index contributed by atoms with van der Waals surface area (Å²) in [6.07, 6.45) is 0. The maximum Gasteiger partial charge on any atom is 0.123 e. The van der Waals surface area contributed by atoms with Gasteiger partial charge in [0, 0.05) is 24.2 Å². The lowest BCUT2D eigenvalue weighted by Gasteiger charge is -2.17. The van der Waals surface area contributed by atoms with Gasteiger partial charge in [0.15, 0.2) is 0 Å². The summed E-state index contributed by atoms with van der Waals surface area (Å²) < 4.78 is 18.3. The fraction of sp³-hybridized carbons (Fsp3) is 0.500. The van der Waals surface area contributed by atoms with E-state index in [0.717, 1.165) is 0 Å². The molecular weight excluding hydrogens is 207 g/mol. The first-order valence-corrected chi connectivity index (χ1v) is 5.37. The summed E-state index contributed by atoms with van der Waals surface area (Å²) >= 11 is 0. The largest absolute Gasteiger partial charge is 0.496 e. The Kier molecular flexibility index (Phi) is 4.71. The molecule has 1 aromatic rings. The number of methoxy groups -OCH3 is 1. The Labute approximate surface area is 95.8 Å². The first-order chi connectivity index (χ1) is 7.54. The number of halogens is 1. The smallest absolute Gasteiger partial charge is 0.123 e. The lowest BCUT2D eigenvalue weighted by molar-refractivity contribution is 0.401. The standard InChI is InChI=1S/C12H19FN2O/c1-8(2)15-7-11(14)10-6-9(13)4-5-12(10)16-3/h4-6,8,11,15H,7,14H2,1-3H3. The van der Waals surface area contributed by atoms with E-state index >= 15 is 0 Å². The summed E-state index contributed by atoms with van der Waals surface area (Å²) in [5, 5.41) is 3.21. The molecule has 1 rings (SSSR count). The average Bonchev–Trinajstić information content (AvgIpc) is 2.25. The molecule has 0 saturated heterocycles. The second-order valence-corrected chi connectivity index (χ2v) is 4.06. The van der Waals surface area contributed by atoms with Crippen LogP contribution >= 0.6 is 0 Å². The monoisotopic (exact) mass is 226 g/mol. The minimum Gasteiger partial charge on any atom is -0.496 e. The topological polar surface area (TPSA) is 47.3 Å². The Bertz CT molecular complexity index is 342. The molecule has 90 valence electrons. The molecule has 0 aliphatic heterocycles. The normalized spacial score (nSPS) is 12.9. The van der Waals surface area contributed by atoms with Crippen molar-refractivity contribution in [1.29, 1.82) is 0 Å². The van der Waals surface area contributed by atoms with E-state index < -0.39 is 0 Å². The van der Waals surface area contributed by atoms with E-state index in [1.54, 1.807) is 13.2 Å². The van der Waals surface area contributed by atoms with Crippen molar-refractivity contribution in [1.82, 2.24) is 5.32 Å². The van der Waals surface area contributed by atoms with Crippen molar-refractivity contribution in [3.05, 3.63) is 29.6 Å². The molecule has 1 atom stereocenters. The van der Waals surface area contributed by atoms with Gasteiger partial charge in [0.05, 0.1) is 7.11 Å². The second-order valence-electron chi connectivity index (χ2n) is 4.06. The molecular formula is C12H19FN2O. The van der Waals surface area contributed by atoms with Gasteiger partial charge in [0.25, 0.3) is 0 Å². The summed E-state index contributed by atoms with van der Waals surface area (Å²) in [5.41, 5.74) is 6.67. The van der Waals surface area contributed by atoms with Crippen molar-refractivity contribution in [2.24, 2.45) is 5.73 Å². The number of nitrogens with two attached hydrogens (primary N) is 1. The summed E-state index contributed by atoms with van der Waals surface area (Å²) in [7, 11) is 1.55. The Hall–Kier alpha value is -1.13. The van der Waals surface area contributed by atoms with Gasteiger partial charge < -0.3 is 15.8 Å². The van der Waals surface area contributed by atoms with Gasteiger partial charge in [-0.1, -0.05) is 13.8 Å². The summed E-state index contributed by atoms with van der Waals surface area (Å²) in [6.45, 7) is 4.67. The Balaban J connectivity index is 2.80. The highest BCUT2D eigenvalue weighted by molar-refractivity contribution is 5.36. The van der Waals surface area contributed by atoms with Gasteiger partial charge in [0.2, 0.25) is 0 Å². The Morgan fingerprint density at radius 3 is 2.69 bits per heavy atom. The summed E-state index contributed by atoms with van der Waals surface area (Å²) in [4.78, 5) is 0. The van der Waals surface area contributed by atoms with Crippen molar-refractivity contribution in [2.75, 3.05) is 13.7 Å². The number of ether oxygens (including phenoxy) is 1. The molecule has 0 heterocycles. The third-order valence-electron chi connectivity index (χ3n) is 2.34. The SMILES string of the molecule is COc1ccc(F)cc1C(N)CNC(C)C. The van der Waals surface area contributed by atoms with Crippen LogP contribution in [-0.4, -0.2) is 19.7 Å². The average molecular weight is 226 g/mol. The quantitative estimate of drug-likeness (QED) is 0.805. The molecule has 16 heavy (non-hydrogen) atoms. The Morgan fingerprint density at radius 1 is 1.44 bits per heavy atom. The molecule has 3 N–H and O–H groups in total. The van der Waals surface area contributed by atoms with Crippen molar-refractivity contribution in [3.63, 3.8) is 0 Å². The van der Waals surface area contributed by atoms with Crippen LogP contribution < -0.4 is 15.8 Å². The lowest BCUT2D eigenvalue weighted by atomic mass is 10.1. The van der Waals surface area contributed by atoms with E-state index in [9.17, 15) is 4.39 Å². The predicted molar refractivity (Wildman–Crippen MR) is 63.0 cm³/mol. The van der Waals surface area contributed by atoms with Gasteiger partial charge in [-0.15, -0.1) is 0 Å². The van der Waals surface area contributed by atoms with Crippen LogP contribution in [-0.2, 0) is 0 Å². The lowest BCUT2D eigenvalue weighted by Crippen LogP contribution is -2.31. The molecule has 1 unspecified atom stereocenters. The van der Waals surface area contributed by atoms with Crippen molar-refractivity contribution in [2.45, 2.75) is 25.9 Å². The molecule has 1 aromatic carbocycles. The van der Waals surface area contributed by atoms with E-state index in [-0.39, 0.29) is 11.9 Å². The van der Waals surface area contributed by atoms with Crippen molar-refractivity contribution < 1.29 is 9.13 Å². The van der Waals surface area contributed by atoms with Gasteiger partial charge in [-0.2, -0.15) is 0 Å². The predicted octanol–water partition coefficient (Wildman–Crippen LogP) is 1.83. The van der Waals surface area contributed by atoms with Crippen LogP contribution in [0.2, 0.25) is 0 Å². The molecule has 3 nitrogen and oxygen atoms in total. The molecule has 0 radical (unpaired) electrons. The molecule has 0 bridgehead atoms. The van der Waals surface area contributed by atoms with E-state index in [2.05, 4.69) is 5.32 Å². The number of hydrogen-bond acceptors (Lipinski definition) is 3. The molecule has 0 amide bonds. The van der Waals surface area contributed by atoms with E-state index in [4.69, 9.17) is 10.5 Å². The van der Waals surface area contributed by atoms with Gasteiger partial charge in [-0.25, -0.2) is 4.39 Å². The number of nitrogens with one attached hydrogen (secondary N) is 1. The van der Waals surface area contributed by atoms with Gasteiger partial charge in [-0.3, -0.25) is 0 Å². The first-order valence-electron chi connectivity index (χ1n) is 5.37. The molecule has 0 aromatic heterocycles. The van der Waals surface area contributed by atoms with Crippen LogP contribution in [0, 0.1) is 5.82 Å². The van der Waals surface area contributed by atoms with E-state index in [1.807, 2.05) is 13.8 Å².